The Morgan fingerprint density at radius 1 is 1.37 bits per heavy atom. The number of benzene rings is 1. The monoisotopic (exact) mass is 474 g/mol. The lowest BCUT2D eigenvalue weighted by Gasteiger charge is -2.49. The summed E-state index contributed by atoms with van der Waals surface area (Å²) in [6.45, 7) is 4.47. The van der Waals surface area contributed by atoms with Crippen molar-refractivity contribution in [3.63, 3.8) is 0 Å². The molecule has 9 heteroatoms. The van der Waals surface area contributed by atoms with E-state index in [9.17, 15) is 24.8 Å². The lowest BCUT2D eigenvalue weighted by molar-refractivity contribution is -0.130. The van der Waals surface area contributed by atoms with Gasteiger partial charge < -0.3 is 10.0 Å². The van der Waals surface area contributed by atoms with E-state index < -0.39 is 11.0 Å². The highest BCUT2D eigenvalue weighted by Crippen LogP contribution is 2.56. The minimum Gasteiger partial charge on any atom is -0.385 e. The molecule has 3 unspecified atom stereocenters. The molecule has 1 aromatic heterocycles. The fraction of sp³-hybridized carbons (Fsp3) is 0.500. The third-order valence-electron chi connectivity index (χ3n) is 8.12. The number of aliphatic hydroxyl groups is 1. The van der Waals surface area contributed by atoms with Gasteiger partial charge in [0.2, 0.25) is 18.2 Å². The van der Waals surface area contributed by atoms with E-state index in [-0.39, 0.29) is 30.9 Å². The normalized spacial score (nSPS) is 24.9. The van der Waals surface area contributed by atoms with E-state index in [1.165, 1.54) is 0 Å². The largest absolute Gasteiger partial charge is 0.385 e. The first-order valence-corrected chi connectivity index (χ1v) is 12.2. The highest BCUT2D eigenvalue weighted by molar-refractivity contribution is 6.67. The summed E-state index contributed by atoms with van der Waals surface area (Å²) in [7, 11) is 0. The van der Waals surface area contributed by atoms with Crippen LogP contribution in [0.5, 0.6) is 0 Å². The van der Waals surface area contributed by atoms with Crippen molar-refractivity contribution in [2.24, 2.45) is 5.41 Å². The summed E-state index contributed by atoms with van der Waals surface area (Å²) >= 11 is 0. The quantitative estimate of drug-likeness (QED) is 0.490. The molecule has 8 nitrogen and oxygen atoms in total. The molecule has 35 heavy (non-hydrogen) atoms. The Morgan fingerprint density at radius 3 is 2.86 bits per heavy atom. The molecule has 2 aliphatic rings. The van der Waals surface area contributed by atoms with Crippen LogP contribution in [0.1, 0.15) is 56.6 Å². The Hall–Kier alpha value is -3.25. The van der Waals surface area contributed by atoms with E-state index in [2.05, 4.69) is 16.3 Å². The molecule has 0 aliphatic carbocycles. The van der Waals surface area contributed by atoms with Crippen molar-refractivity contribution >= 4 is 35.8 Å². The molecule has 2 aliphatic heterocycles. The standard InChI is InChI=1S/C26H31BN4O4/c1-18(3-6-24(34)30-17-32)21-11-20-12-22(4-5-23(20)29-13-21)26(35)7-9-27(16-28)14-25(26)8-10-31(15-25)19(2)33/h4-5,11-13,17-18,35H,3,6-10,14-15H2,1-2H3,(H,30,32,34). The molecule has 3 heterocycles. The zero-order chi connectivity index (χ0) is 25.2. The number of nitriles is 1. The predicted octanol–water partition coefficient (Wildman–Crippen LogP) is 2.78. The maximum Gasteiger partial charge on any atom is 0.268 e. The summed E-state index contributed by atoms with van der Waals surface area (Å²) in [6, 6.07) is 7.87. The molecule has 1 spiro atoms. The van der Waals surface area contributed by atoms with Gasteiger partial charge in [0.1, 0.15) is 0 Å². The second-order valence-electron chi connectivity index (χ2n) is 10.2. The number of hydrogen-bond acceptors (Lipinski definition) is 6. The Bertz CT molecular complexity index is 1200. The van der Waals surface area contributed by atoms with Gasteiger partial charge in [-0.25, -0.2) is 5.26 Å². The number of fused-ring (bicyclic) bond motifs is 1. The zero-order valence-electron chi connectivity index (χ0n) is 20.3. The molecule has 2 aromatic rings. The molecule has 0 radical (unpaired) electrons. The molecular formula is C26H31BN4O4. The summed E-state index contributed by atoms with van der Waals surface area (Å²) in [5.74, 6) is 2.14. The van der Waals surface area contributed by atoms with Crippen LogP contribution in [0.15, 0.2) is 30.5 Å². The van der Waals surface area contributed by atoms with Gasteiger partial charge in [-0.3, -0.25) is 24.7 Å². The third-order valence-corrected chi connectivity index (χ3v) is 8.12. The SMILES string of the molecule is CC(=O)N1CCC2(CB(C#N)CCC2(O)c2ccc3ncc(C(C)CCC(=O)NC=O)cc3c2)C1. The van der Waals surface area contributed by atoms with Crippen LogP contribution in [0.25, 0.3) is 10.9 Å². The molecule has 4 rings (SSSR count). The summed E-state index contributed by atoms with van der Waals surface area (Å²) < 4.78 is 0. The van der Waals surface area contributed by atoms with Crippen molar-refractivity contribution < 1.29 is 19.5 Å². The average Bonchev–Trinajstić information content (AvgIpc) is 3.29. The van der Waals surface area contributed by atoms with Crippen LogP contribution in [-0.4, -0.2) is 53.0 Å². The molecule has 2 fully saturated rings. The molecule has 3 amide bonds. The van der Waals surface area contributed by atoms with Crippen LogP contribution in [0, 0.1) is 16.6 Å². The smallest absolute Gasteiger partial charge is 0.268 e. The number of carbonyl (C=O) groups is 3. The average molecular weight is 474 g/mol. The van der Waals surface area contributed by atoms with Crippen LogP contribution in [0.3, 0.4) is 0 Å². The fourth-order valence-corrected chi connectivity index (χ4v) is 5.92. The maximum atomic E-state index is 12.2. The second-order valence-corrected chi connectivity index (χ2v) is 10.2. The van der Waals surface area contributed by atoms with Crippen LogP contribution < -0.4 is 5.32 Å². The number of nitrogens with zero attached hydrogens (tertiary/aromatic N) is 3. The van der Waals surface area contributed by atoms with E-state index in [0.29, 0.717) is 51.4 Å². The molecule has 2 saturated heterocycles. The summed E-state index contributed by atoms with van der Waals surface area (Å²) in [5.41, 5.74) is 0.877. The Kier molecular flexibility index (Phi) is 6.95. The van der Waals surface area contributed by atoms with Crippen molar-refractivity contribution in [1.82, 2.24) is 15.2 Å². The number of pyridine rings is 1. The third kappa shape index (κ3) is 4.67. The van der Waals surface area contributed by atoms with Crippen LogP contribution >= 0.6 is 0 Å². The van der Waals surface area contributed by atoms with E-state index in [4.69, 9.17) is 0 Å². The van der Waals surface area contributed by atoms with Crippen molar-refractivity contribution in [3.8, 4) is 5.97 Å². The Balaban J connectivity index is 1.66. The summed E-state index contributed by atoms with van der Waals surface area (Å²) in [4.78, 5) is 40.6. The number of carbonyl (C=O) groups excluding carboxylic acids is 3. The number of imide groups is 1. The van der Waals surface area contributed by atoms with Gasteiger partial charge in [-0.05, 0) is 60.8 Å². The number of rotatable bonds is 6. The predicted molar refractivity (Wildman–Crippen MR) is 132 cm³/mol. The maximum absolute atomic E-state index is 12.2. The van der Waals surface area contributed by atoms with Crippen molar-refractivity contribution in [3.05, 3.63) is 41.6 Å². The van der Waals surface area contributed by atoms with Gasteiger partial charge in [-0.2, -0.15) is 0 Å². The van der Waals surface area contributed by atoms with Gasteiger partial charge in [-0.1, -0.05) is 19.3 Å². The second kappa shape index (κ2) is 9.78. The molecule has 0 saturated carbocycles. The van der Waals surface area contributed by atoms with E-state index in [0.717, 1.165) is 22.0 Å². The van der Waals surface area contributed by atoms with E-state index >= 15 is 0 Å². The first-order chi connectivity index (χ1) is 16.7. The number of nitrogens with one attached hydrogen (secondary N) is 1. The zero-order valence-corrected chi connectivity index (χ0v) is 20.3. The molecule has 0 bridgehead atoms. The summed E-state index contributed by atoms with van der Waals surface area (Å²) in [6.07, 6.45) is 5.34. The molecule has 182 valence electrons. The number of aromatic nitrogens is 1. The summed E-state index contributed by atoms with van der Waals surface area (Å²) in [5, 5.41) is 24.9. The van der Waals surface area contributed by atoms with Crippen LogP contribution in [-0.2, 0) is 20.0 Å². The Labute approximate surface area is 205 Å². The van der Waals surface area contributed by atoms with Crippen molar-refractivity contribution in [2.75, 3.05) is 13.1 Å². The van der Waals surface area contributed by atoms with Crippen LogP contribution in [0.2, 0.25) is 12.6 Å². The van der Waals surface area contributed by atoms with Gasteiger partial charge in [0.25, 0.3) is 6.71 Å². The van der Waals surface area contributed by atoms with Gasteiger partial charge in [0.15, 0.2) is 0 Å². The van der Waals surface area contributed by atoms with Gasteiger partial charge in [-0.15, -0.1) is 0 Å². The van der Waals surface area contributed by atoms with Gasteiger partial charge >= 0.3 is 0 Å². The highest BCUT2D eigenvalue weighted by Gasteiger charge is 2.58. The number of likely N-dealkylation sites (tertiary alicyclic amines) is 1. The molecule has 2 N–H and O–H groups in total. The molecule has 1 aromatic carbocycles. The van der Waals surface area contributed by atoms with E-state index in [1.54, 1.807) is 18.0 Å². The first-order valence-electron chi connectivity index (χ1n) is 12.2. The van der Waals surface area contributed by atoms with Crippen molar-refractivity contribution in [1.29, 1.82) is 5.26 Å². The Morgan fingerprint density at radius 2 is 2.17 bits per heavy atom. The number of amides is 3. The minimum atomic E-state index is -1.15. The van der Waals surface area contributed by atoms with Gasteiger partial charge in [0.05, 0.1) is 11.1 Å². The van der Waals surface area contributed by atoms with Crippen LogP contribution in [0.4, 0.5) is 0 Å². The molecular weight excluding hydrogens is 443 g/mol. The first kappa shape index (κ1) is 24.9. The van der Waals surface area contributed by atoms with E-state index in [1.807, 2.05) is 31.2 Å². The lowest BCUT2D eigenvalue weighted by Crippen LogP contribution is -2.53. The minimum absolute atomic E-state index is 0.00790. The highest BCUT2D eigenvalue weighted by atomic mass is 16.3. The lowest BCUT2D eigenvalue weighted by atomic mass is 9.34. The topological polar surface area (TPSA) is 123 Å². The van der Waals surface area contributed by atoms with Crippen molar-refractivity contribution in [2.45, 2.75) is 63.7 Å². The van der Waals surface area contributed by atoms with Gasteiger partial charge in [0, 0.05) is 49.4 Å². The fourth-order valence-electron chi connectivity index (χ4n) is 5.92. The number of hydrogen-bond donors (Lipinski definition) is 2. The molecule has 3 atom stereocenters.